The van der Waals surface area contributed by atoms with Crippen molar-refractivity contribution in [3.8, 4) is 28.7 Å². The van der Waals surface area contributed by atoms with Gasteiger partial charge >= 0.3 is 0 Å². The third-order valence-corrected chi connectivity index (χ3v) is 6.43. The van der Waals surface area contributed by atoms with Crippen LogP contribution in [0.4, 0.5) is 4.39 Å². The normalized spacial score (nSPS) is 19.7. The molecule has 1 atom stereocenters. The summed E-state index contributed by atoms with van der Waals surface area (Å²) < 4.78 is 20.8. The number of ether oxygens (including phenoxy) is 1. The molecule has 3 aromatic rings. The molecule has 0 radical (unpaired) electrons. The van der Waals surface area contributed by atoms with Crippen molar-refractivity contribution in [1.29, 1.82) is 5.26 Å². The number of nitriles is 1. The molecule has 6 nitrogen and oxygen atoms in total. The zero-order chi connectivity index (χ0) is 23.7. The molecule has 0 fully saturated rings. The van der Waals surface area contributed by atoms with Gasteiger partial charge in [-0.15, -0.1) is 0 Å². The van der Waals surface area contributed by atoms with Crippen molar-refractivity contribution in [3.63, 3.8) is 0 Å². The van der Waals surface area contributed by atoms with Gasteiger partial charge < -0.3 is 15.3 Å². The number of aryl methyl sites for hydroxylation is 1. The first-order chi connectivity index (χ1) is 16.4. The molecule has 1 heterocycles. The second-order valence-corrected chi connectivity index (χ2v) is 8.85. The van der Waals surface area contributed by atoms with Crippen LogP contribution in [-0.4, -0.2) is 30.2 Å². The van der Waals surface area contributed by atoms with Crippen molar-refractivity contribution < 1.29 is 14.0 Å². The summed E-state index contributed by atoms with van der Waals surface area (Å²) in [7, 11) is 1.69. The minimum atomic E-state index is -0.575. The number of hydroxylamine groups is 2. The third kappa shape index (κ3) is 4.27. The van der Waals surface area contributed by atoms with Crippen molar-refractivity contribution in [2.75, 3.05) is 13.6 Å². The van der Waals surface area contributed by atoms with E-state index in [1.807, 2.05) is 18.2 Å². The quantitative estimate of drug-likeness (QED) is 0.578. The molecule has 1 aliphatic carbocycles. The maximum absolute atomic E-state index is 14.1. The van der Waals surface area contributed by atoms with Crippen LogP contribution in [0.15, 0.2) is 65.7 Å². The molecule has 172 valence electrons. The standard InChI is InChI=1S/C27H25FN4O2/c1-32-26(30)31-17-27(10-4-7-19-5-2-3-6-21(19)15-27)33-24-9-8-20(14-25(24)34-32)22-11-18(16-29)12-23(28)13-22/h2-3,5-6,8-9,11-14H,4,7,10,15,17H2,1H3,(H2,30,31). The number of hydrogen-bond donors (Lipinski definition) is 1. The van der Waals surface area contributed by atoms with Crippen molar-refractivity contribution in [2.45, 2.75) is 31.3 Å². The van der Waals surface area contributed by atoms with Crippen molar-refractivity contribution in [1.82, 2.24) is 5.06 Å². The molecule has 2 aliphatic rings. The van der Waals surface area contributed by atoms with Crippen LogP contribution < -0.4 is 15.3 Å². The Morgan fingerprint density at radius 3 is 2.71 bits per heavy atom. The van der Waals surface area contributed by atoms with Gasteiger partial charge in [-0.05, 0) is 71.8 Å². The van der Waals surface area contributed by atoms with Gasteiger partial charge in [-0.2, -0.15) is 10.3 Å². The van der Waals surface area contributed by atoms with Crippen LogP contribution in [0.5, 0.6) is 11.5 Å². The second kappa shape index (κ2) is 8.71. The highest BCUT2D eigenvalue weighted by Gasteiger charge is 2.37. The van der Waals surface area contributed by atoms with Crippen LogP contribution in [0.25, 0.3) is 11.1 Å². The predicted octanol–water partition coefficient (Wildman–Crippen LogP) is 4.61. The Bertz CT molecular complexity index is 1320. The lowest BCUT2D eigenvalue weighted by Gasteiger charge is -2.32. The number of nitrogens with zero attached hydrogens (tertiary/aromatic N) is 3. The minimum absolute atomic E-state index is 0.247. The van der Waals surface area contributed by atoms with E-state index in [4.69, 9.17) is 15.3 Å². The van der Waals surface area contributed by atoms with Crippen molar-refractivity contribution in [2.24, 2.45) is 10.7 Å². The molecule has 34 heavy (non-hydrogen) atoms. The molecule has 0 bridgehead atoms. The Morgan fingerprint density at radius 1 is 1.06 bits per heavy atom. The number of aliphatic imine (C=N–C) groups is 1. The summed E-state index contributed by atoms with van der Waals surface area (Å²) in [6.45, 7) is 0.400. The summed E-state index contributed by atoms with van der Waals surface area (Å²) in [5, 5.41) is 10.6. The number of fused-ring (bicyclic) bond motifs is 2. The highest BCUT2D eigenvalue weighted by Crippen LogP contribution is 2.40. The third-order valence-electron chi connectivity index (χ3n) is 6.43. The first-order valence-electron chi connectivity index (χ1n) is 11.3. The Hall–Kier alpha value is -4.05. The first kappa shape index (κ1) is 21.8. The molecule has 1 unspecified atom stereocenters. The van der Waals surface area contributed by atoms with Gasteiger partial charge in [-0.1, -0.05) is 30.3 Å². The molecule has 5 rings (SSSR count). The highest BCUT2D eigenvalue weighted by molar-refractivity contribution is 5.77. The van der Waals surface area contributed by atoms with Crippen LogP contribution in [0, 0.1) is 17.1 Å². The summed E-state index contributed by atoms with van der Waals surface area (Å²) >= 11 is 0. The van der Waals surface area contributed by atoms with E-state index in [9.17, 15) is 9.65 Å². The van der Waals surface area contributed by atoms with E-state index in [1.54, 1.807) is 19.2 Å². The SMILES string of the molecule is CN1Oc2cc(-c3cc(F)cc(C#N)c3)ccc2OC2(CCCc3ccccc3C2)CN=C1N. The molecule has 7 heteroatoms. The highest BCUT2D eigenvalue weighted by atomic mass is 19.1. The van der Waals surface area contributed by atoms with E-state index in [0.29, 0.717) is 35.6 Å². The Labute approximate surface area is 198 Å². The lowest BCUT2D eigenvalue weighted by Crippen LogP contribution is -2.42. The molecule has 1 spiro atoms. The molecule has 0 aromatic heterocycles. The molecule has 0 saturated carbocycles. The van der Waals surface area contributed by atoms with Crippen LogP contribution >= 0.6 is 0 Å². The van der Waals surface area contributed by atoms with Crippen molar-refractivity contribution >= 4 is 5.96 Å². The fourth-order valence-corrected chi connectivity index (χ4v) is 4.68. The zero-order valence-corrected chi connectivity index (χ0v) is 18.9. The van der Waals surface area contributed by atoms with E-state index in [2.05, 4.69) is 29.3 Å². The van der Waals surface area contributed by atoms with Gasteiger partial charge in [0.25, 0.3) is 0 Å². The second-order valence-electron chi connectivity index (χ2n) is 8.85. The van der Waals surface area contributed by atoms with Crippen LogP contribution in [-0.2, 0) is 12.8 Å². The zero-order valence-electron chi connectivity index (χ0n) is 18.9. The Balaban J connectivity index is 1.58. The van der Waals surface area contributed by atoms with Crippen LogP contribution in [0.3, 0.4) is 0 Å². The number of benzene rings is 3. The maximum atomic E-state index is 14.1. The summed E-state index contributed by atoms with van der Waals surface area (Å²) in [4.78, 5) is 10.6. The Kier molecular flexibility index (Phi) is 5.58. The van der Waals surface area contributed by atoms with Crippen LogP contribution in [0.2, 0.25) is 0 Å². The van der Waals surface area contributed by atoms with E-state index in [0.717, 1.165) is 19.3 Å². The molecule has 3 aromatic carbocycles. The number of nitrogens with two attached hydrogens (primary N) is 1. The van der Waals surface area contributed by atoms with Gasteiger partial charge in [0.05, 0.1) is 18.2 Å². The van der Waals surface area contributed by atoms with Gasteiger partial charge in [-0.25, -0.2) is 9.38 Å². The average Bonchev–Trinajstić information content (AvgIpc) is 2.99. The molecule has 0 amide bonds. The number of rotatable bonds is 1. The molecular weight excluding hydrogens is 431 g/mol. The lowest BCUT2D eigenvalue weighted by molar-refractivity contribution is 0.0332. The van der Waals surface area contributed by atoms with E-state index in [-0.39, 0.29) is 11.5 Å². The van der Waals surface area contributed by atoms with Crippen molar-refractivity contribution in [3.05, 3.63) is 83.2 Å². The summed E-state index contributed by atoms with van der Waals surface area (Å²) in [6.07, 6.45) is 3.49. The topological polar surface area (TPSA) is 83.9 Å². The van der Waals surface area contributed by atoms with Gasteiger partial charge in [0.1, 0.15) is 11.4 Å². The maximum Gasteiger partial charge on any atom is 0.225 e. The van der Waals surface area contributed by atoms with Gasteiger partial charge in [0.15, 0.2) is 11.5 Å². The van der Waals surface area contributed by atoms with Gasteiger partial charge in [0, 0.05) is 13.5 Å². The summed E-state index contributed by atoms with van der Waals surface area (Å²) in [5.41, 5.74) is 9.75. The number of halogens is 1. The first-order valence-corrected chi connectivity index (χ1v) is 11.3. The van der Waals surface area contributed by atoms with E-state index < -0.39 is 11.4 Å². The molecule has 1 aliphatic heterocycles. The summed E-state index contributed by atoms with van der Waals surface area (Å²) in [6, 6.07) is 20.1. The number of hydrogen-bond acceptors (Lipinski definition) is 6. The molecule has 0 saturated heterocycles. The smallest absolute Gasteiger partial charge is 0.225 e. The van der Waals surface area contributed by atoms with E-state index in [1.165, 1.54) is 28.3 Å². The van der Waals surface area contributed by atoms with Gasteiger partial charge in [0.2, 0.25) is 5.96 Å². The predicted molar refractivity (Wildman–Crippen MR) is 128 cm³/mol. The van der Waals surface area contributed by atoms with Crippen LogP contribution in [0.1, 0.15) is 29.5 Å². The number of guanidine groups is 1. The Morgan fingerprint density at radius 2 is 1.88 bits per heavy atom. The monoisotopic (exact) mass is 456 g/mol. The lowest BCUT2D eigenvalue weighted by atomic mass is 9.91. The fraction of sp³-hybridized carbons (Fsp3) is 0.259. The molecular formula is C27H25FN4O2. The summed E-state index contributed by atoms with van der Waals surface area (Å²) in [5.74, 6) is 0.784. The average molecular weight is 457 g/mol. The minimum Gasteiger partial charge on any atom is -0.481 e. The van der Waals surface area contributed by atoms with E-state index >= 15 is 0 Å². The largest absolute Gasteiger partial charge is 0.481 e. The van der Waals surface area contributed by atoms with Gasteiger partial charge in [-0.3, -0.25) is 0 Å². The fourth-order valence-electron chi connectivity index (χ4n) is 4.68. The molecule has 2 N–H and O–H groups in total.